The van der Waals surface area contributed by atoms with Gasteiger partial charge in [0.15, 0.2) is 18.1 Å². The molecule has 0 amide bonds. The first-order chi connectivity index (χ1) is 14.5. The van der Waals surface area contributed by atoms with Crippen molar-refractivity contribution in [2.24, 2.45) is 5.73 Å². The average molecular weight is 404 g/mol. The van der Waals surface area contributed by atoms with Crippen molar-refractivity contribution < 1.29 is 18.7 Å². The van der Waals surface area contributed by atoms with Gasteiger partial charge in [-0.1, -0.05) is 30.3 Å². The zero-order chi connectivity index (χ0) is 21.5. The molecule has 150 valence electrons. The summed E-state index contributed by atoms with van der Waals surface area (Å²) in [7, 11) is 0. The van der Waals surface area contributed by atoms with Crippen molar-refractivity contribution in [3.05, 3.63) is 65.8 Å². The third-order valence-corrected chi connectivity index (χ3v) is 3.88. The smallest absolute Gasteiger partial charge is 0.357 e. The van der Waals surface area contributed by atoms with Gasteiger partial charge in [-0.3, -0.25) is 4.79 Å². The number of benzene rings is 1. The summed E-state index contributed by atoms with van der Waals surface area (Å²) >= 11 is 0. The van der Waals surface area contributed by atoms with E-state index >= 15 is 0 Å². The summed E-state index contributed by atoms with van der Waals surface area (Å²) in [5, 5.41) is 20.5. The number of aromatic nitrogens is 4. The Balaban J connectivity index is 1.94. The summed E-state index contributed by atoms with van der Waals surface area (Å²) in [6.07, 6.45) is 2.81. The van der Waals surface area contributed by atoms with E-state index in [0.29, 0.717) is 11.3 Å². The lowest BCUT2D eigenvalue weighted by Crippen LogP contribution is -2.20. The molecule has 10 nitrogen and oxygen atoms in total. The highest BCUT2D eigenvalue weighted by atomic mass is 16.5. The maximum absolute atomic E-state index is 12.8. The summed E-state index contributed by atoms with van der Waals surface area (Å²) in [5.41, 5.74) is 5.84. The summed E-state index contributed by atoms with van der Waals surface area (Å²) < 4.78 is 11.6. The summed E-state index contributed by atoms with van der Waals surface area (Å²) in [4.78, 5) is 24.9. The molecule has 0 bridgehead atoms. The van der Waals surface area contributed by atoms with Gasteiger partial charge in [-0.2, -0.15) is 9.94 Å². The van der Waals surface area contributed by atoms with Gasteiger partial charge in [0.25, 0.3) is 0 Å². The number of allylic oxidation sites excluding steroid dienone is 1. The molecule has 0 radical (unpaired) electrons. The highest BCUT2D eigenvalue weighted by molar-refractivity contribution is 6.16. The van der Waals surface area contributed by atoms with E-state index in [9.17, 15) is 9.59 Å². The van der Waals surface area contributed by atoms with Crippen molar-refractivity contribution in [2.45, 2.75) is 6.92 Å². The molecule has 30 heavy (non-hydrogen) atoms. The van der Waals surface area contributed by atoms with Gasteiger partial charge >= 0.3 is 5.97 Å². The maximum Gasteiger partial charge on any atom is 0.357 e. The second kappa shape index (κ2) is 9.11. The number of esters is 1. The van der Waals surface area contributed by atoms with Crippen molar-refractivity contribution >= 4 is 23.5 Å². The number of nitrogens with two attached hydrogens (primary N) is 1. The monoisotopic (exact) mass is 404 g/mol. The lowest BCUT2D eigenvalue weighted by molar-refractivity contribution is -0.141. The van der Waals surface area contributed by atoms with Crippen LogP contribution in [0.2, 0.25) is 0 Å². The molecular weight excluding hydrogens is 388 g/mol. The molecule has 10 heteroatoms. The molecule has 0 spiro atoms. The first kappa shape index (κ1) is 20.2. The highest BCUT2D eigenvalue weighted by Crippen LogP contribution is 2.21. The van der Waals surface area contributed by atoms with Gasteiger partial charge < -0.3 is 14.9 Å². The zero-order valence-corrected chi connectivity index (χ0v) is 15.8. The molecule has 0 unspecified atom stereocenters. The highest BCUT2D eigenvalue weighted by Gasteiger charge is 2.23. The van der Waals surface area contributed by atoms with Crippen LogP contribution in [-0.2, 0) is 14.3 Å². The molecule has 0 aliphatic rings. The Morgan fingerprint density at radius 2 is 2.03 bits per heavy atom. The fourth-order valence-electron chi connectivity index (χ4n) is 2.48. The number of Topliss-reactive ketones (excluding diaryl/α,β-unsaturated/α-hetero) is 1. The number of hydrogen-bond acceptors (Lipinski definition) is 9. The minimum Gasteiger partial charge on any atom is -0.465 e. The minimum atomic E-state index is -0.892. The van der Waals surface area contributed by atoms with Gasteiger partial charge in [0.1, 0.15) is 17.4 Å². The largest absolute Gasteiger partial charge is 0.465 e. The Bertz CT molecular complexity index is 1150. The minimum absolute atomic E-state index is 0.0386. The molecule has 3 aromatic rings. The molecule has 2 N–H and O–H groups in total. The first-order valence-corrected chi connectivity index (χ1v) is 8.67. The number of furan rings is 1. The van der Waals surface area contributed by atoms with Gasteiger partial charge in [0.2, 0.25) is 5.78 Å². The van der Waals surface area contributed by atoms with Gasteiger partial charge in [-0.25, -0.2) is 4.79 Å². The maximum atomic E-state index is 12.8. The molecular formula is C20H16N6O4. The van der Waals surface area contributed by atoms with E-state index in [1.807, 2.05) is 6.07 Å². The number of carbonyl (C=O) groups is 2. The molecule has 2 heterocycles. The third-order valence-electron chi connectivity index (χ3n) is 3.88. The van der Waals surface area contributed by atoms with Crippen LogP contribution in [0.15, 0.2) is 64.4 Å². The molecule has 1 aromatic carbocycles. The molecule has 0 saturated heterocycles. The van der Waals surface area contributed by atoms with Crippen LogP contribution < -0.4 is 5.73 Å². The standard InChI is InChI=1S/C20H16N6O4/c1-13(22)16(11-21)18(27)12-30-20(28)17(10-15-8-5-9-29-15)26-19(23-24-25-26)14-6-3-2-4-7-14/h2-10H,12,22H2,1H3/b16-13+,17-10-. The lowest BCUT2D eigenvalue weighted by Gasteiger charge is -2.09. The number of carbonyl (C=O) groups excluding carboxylic acids is 2. The number of tetrazole rings is 1. The van der Waals surface area contributed by atoms with Gasteiger partial charge in [0, 0.05) is 17.3 Å². The van der Waals surface area contributed by atoms with Gasteiger partial charge in [0.05, 0.1) is 6.26 Å². The van der Waals surface area contributed by atoms with Crippen LogP contribution in [0.25, 0.3) is 23.2 Å². The fraction of sp³-hybridized carbons (Fsp3) is 0.100. The Morgan fingerprint density at radius 3 is 2.67 bits per heavy atom. The van der Waals surface area contributed by atoms with Crippen molar-refractivity contribution in [2.75, 3.05) is 6.61 Å². The number of ether oxygens (including phenoxy) is 1. The van der Waals surface area contributed by atoms with Crippen LogP contribution in [0.1, 0.15) is 12.7 Å². The molecule has 0 aliphatic carbocycles. The number of hydrogen-bond donors (Lipinski definition) is 1. The second-order valence-corrected chi connectivity index (χ2v) is 5.99. The van der Waals surface area contributed by atoms with Gasteiger partial charge in [-0.05, 0) is 29.5 Å². The Labute approximate surface area is 170 Å². The molecule has 3 rings (SSSR count). The van der Waals surface area contributed by atoms with Crippen LogP contribution in [0.4, 0.5) is 0 Å². The Hall–Kier alpha value is -4.52. The van der Waals surface area contributed by atoms with Crippen LogP contribution >= 0.6 is 0 Å². The molecule has 0 aliphatic heterocycles. The van der Waals surface area contributed by atoms with E-state index in [1.165, 1.54) is 23.9 Å². The number of nitrogens with zero attached hydrogens (tertiary/aromatic N) is 5. The average Bonchev–Trinajstić information content (AvgIpc) is 3.43. The normalized spacial score (nSPS) is 12.1. The molecule has 0 saturated carbocycles. The molecule has 0 atom stereocenters. The van der Waals surface area contributed by atoms with Crippen molar-refractivity contribution in [1.29, 1.82) is 5.26 Å². The second-order valence-electron chi connectivity index (χ2n) is 5.99. The van der Waals surface area contributed by atoms with Crippen molar-refractivity contribution in [3.63, 3.8) is 0 Å². The van der Waals surface area contributed by atoms with E-state index in [4.69, 9.17) is 20.1 Å². The summed E-state index contributed by atoms with van der Waals surface area (Å²) in [6.45, 7) is 0.738. The fourth-order valence-corrected chi connectivity index (χ4v) is 2.48. The number of nitriles is 1. The summed E-state index contributed by atoms with van der Waals surface area (Å²) in [5.74, 6) is -0.982. The summed E-state index contributed by atoms with van der Waals surface area (Å²) in [6, 6.07) is 13.9. The van der Waals surface area contributed by atoms with E-state index in [-0.39, 0.29) is 22.8 Å². The third kappa shape index (κ3) is 4.48. The number of rotatable bonds is 7. The molecule has 2 aromatic heterocycles. The predicted octanol–water partition coefficient (Wildman–Crippen LogP) is 1.80. The van der Waals surface area contributed by atoms with E-state index < -0.39 is 18.4 Å². The van der Waals surface area contributed by atoms with E-state index in [2.05, 4.69) is 15.5 Å². The van der Waals surface area contributed by atoms with Gasteiger partial charge in [-0.15, -0.1) is 5.10 Å². The van der Waals surface area contributed by atoms with E-state index in [1.54, 1.807) is 42.5 Å². The lowest BCUT2D eigenvalue weighted by atomic mass is 10.1. The number of ketones is 1. The van der Waals surface area contributed by atoms with E-state index in [0.717, 1.165) is 0 Å². The topological polar surface area (TPSA) is 150 Å². The Kier molecular flexibility index (Phi) is 6.14. The van der Waals surface area contributed by atoms with Crippen LogP contribution in [0, 0.1) is 11.3 Å². The zero-order valence-electron chi connectivity index (χ0n) is 15.8. The van der Waals surface area contributed by atoms with Crippen molar-refractivity contribution in [3.8, 4) is 17.5 Å². The quantitative estimate of drug-likeness (QED) is 0.353. The van der Waals surface area contributed by atoms with Crippen LogP contribution in [-0.4, -0.2) is 38.6 Å². The first-order valence-electron chi connectivity index (χ1n) is 8.67. The Morgan fingerprint density at radius 1 is 1.27 bits per heavy atom. The SMILES string of the molecule is C/C(N)=C(/C#N)C(=O)COC(=O)/C(=C/c1ccco1)n1nnnc1-c1ccccc1. The van der Waals surface area contributed by atoms with Crippen LogP contribution in [0.3, 0.4) is 0 Å². The predicted molar refractivity (Wildman–Crippen MR) is 105 cm³/mol. The molecule has 0 fully saturated rings. The van der Waals surface area contributed by atoms with Crippen molar-refractivity contribution in [1.82, 2.24) is 20.2 Å². The van der Waals surface area contributed by atoms with Crippen LogP contribution in [0.5, 0.6) is 0 Å².